The Morgan fingerprint density at radius 2 is 1.90 bits per heavy atom. The van der Waals surface area contributed by atoms with Crippen molar-refractivity contribution < 1.29 is 0 Å². The third-order valence-electron chi connectivity index (χ3n) is 4.11. The molecule has 1 aliphatic rings. The maximum Gasteiger partial charge on any atom is 0.0453 e. The van der Waals surface area contributed by atoms with Crippen molar-refractivity contribution in [3.05, 3.63) is 33.8 Å². The minimum atomic E-state index is 0.0259. The van der Waals surface area contributed by atoms with Crippen LogP contribution in [0.3, 0.4) is 0 Å². The highest BCUT2D eigenvalue weighted by Gasteiger charge is 2.27. The summed E-state index contributed by atoms with van der Waals surface area (Å²) in [5.41, 5.74) is 7.42. The van der Waals surface area contributed by atoms with Crippen LogP contribution in [0.4, 0.5) is 0 Å². The first-order valence-corrected chi connectivity index (χ1v) is 7.82. The van der Waals surface area contributed by atoms with Crippen LogP contribution in [-0.2, 0) is 6.42 Å². The predicted octanol–water partition coefficient (Wildman–Crippen LogP) is 2.50. The van der Waals surface area contributed by atoms with Crippen LogP contribution in [0.15, 0.2) is 18.2 Å². The number of hydrogen-bond donors (Lipinski definition) is 1. The molecule has 2 atom stereocenters. The first-order valence-electron chi connectivity index (χ1n) is 7.06. The van der Waals surface area contributed by atoms with E-state index in [0.717, 1.165) is 25.2 Å². The second-order valence-corrected chi connectivity index (χ2v) is 6.55. The van der Waals surface area contributed by atoms with Crippen molar-refractivity contribution in [2.75, 3.05) is 33.7 Å². The summed E-state index contributed by atoms with van der Waals surface area (Å²) < 4.78 is 0. The van der Waals surface area contributed by atoms with Crippen molar-refractivity contribution in [1.82, 2.24) is 9.80 Å². The molecule has 1 heterocycles. The minimum absolute atomic E-state index is 0.0259. The number of rotatable bonds is 3. The lowest BCUT2D eigenvalue weighted by Crippen LogP contribution is -2.51. The topological polar surface area (TPSA) is 32.5 Å². The largest absolute Gasteiger partial charge is 0.326 e. The van der Waals surface area contributed by atoms with Crippen LogP contribution in [0.25, 0.3) is 0 Å². The normalized spacial score (nSPS) is 23.6. The molecule has 0 aliphatic carbocycles. The summed E-state index contributed by atoms with van der Waals surface area (Å²) in [6.45, 7) is 3.19. The van der Waals surface area contributed by atoms with Crippen LogP contribution in [0, 0.1) is 0 Å². The number of halogens is 2. The summed E-state index contributed by atoms with van der Waals surface area (Å²) in [5, 5.41) is 1.41. The maximum atomic E-state index is 6.45. The Hall–Kier alpha value is -0.320. The van der Waals surface area contributed by atoms with Crippen molar-refractivity contribution in [2.45, 2.75) is 24.9 Å². The average Bonchev–Trinajstić information content (AvgIpc) is 2.56. The number of nitrogens with zero attached hydrogens (tertiary/aromatic N) is 2. The number of benzene rings is 1. The fourth-order valence-electron chi connectivity index (χ4n) is 2.87. The molecule has 2 rings (SSSR count). The van der Waals surface area contributed by atoms with E-state index >= 15 is 0 Å². The Balaban J connectivity index is 2.12. The van der Waals surface area contributed by atoms with Gasteiger partial charge in [0, 0.05) is 28.7 Å². The predicted molar refractivity (Wildman–Crippen MR) is 86.7 cm³/mol. The quantitative estimate of drug-likeness (QED) is 0.930. The first-order chi connectivity index (χ1) is 9.49. The number of likely N-dealkylation sites (N-methyl/N-ethyl adjacent to an activating group) is 2. The van der Waals surface area contributed by atoms with Crippen LogP contribution >= 0.6 is 23.2 Å². The molecule has 3 nitrogen and oxygen atoms in total. The van der Waals surface area contributed by atoms with Gasteiger partial charge in [-0.2, -0.15) is 0 Å². The zero-order valence-electron chi connectivity index (χ0n) is 12.1. The van der Waals surface area contributed by atoms with Gasteiger partial charge in [-0.25, -0.2) is 0 Å². The van der Waals surface area contributed by atoms with Gasteiger partial charge in [0.25, 0.3) is 0 Å². The Morgan fingerprint density at radius 3 is 2.55 bits per heavy atom. The van der Waals surface area contributed by atoms with Gasteiger partial charge in [0.05, 0.1) is 0 Å². The molecule has 1 aromatic rings. The SMILES string of the molecule is CN1CCCN(C)C(C(N)Cc2c(Cl)cccc2Cl)C1. The van der Waals surface area contributed by atoms with Crippen molar-refractivity contribution in [3.8, 4) is 0 Å². The molecule has 0 saturated carbocycles. The lowest BCUT2D eigenvalue weighted by Gasteiger charge is -2.32. The highest BCUT2D eigenvalue weighted by molar-refractivity contribution is 6.36. The number of hydrogen-bond acceptors (Lipinski definition) is 3. The highest BCUT2D eigenvalue weighted by atomic mass is 35.5. The zero-order valence-corrected chi connectivity index (χ0v) is 13.7. The van der Waals surface area contributed by atoms with E-state index in [2.05, 4.69) is 23.9 Å². The Bertz CT molecular complexity index is 432. The van der Waals surface area contributed by atoms with Crippen molar-refractivity contribution in [3.63, 3.8) is 0 Å². The summed E-state index contributed by atoms with van der Waals surface area (Å²) in [6.07, 6.45) is 1.89. The molecule has 1 aliphatic heterocycles. The van der Waals surface area contributed by atoms with Crippen molar-refractivity contribution in [1.29, 1.82) is 0 Å². The van der Waals surface area contributed by atoms with Crippen molar-refractivity contribution >= 4 is 23.2 Å². The van der Waals surface area contributed by atoms with Gasteiger partial charge in [-0.1, -0.05) is 29.3 Å². The molecule has 20 heavy (non-hydrogen) atoms. The van der Waals surface area contributed by atoms with Gasteiger partial charge in [0.2, 0.25) is 0 Å². The van der Waals surface area contributed by atoms with Crippen LogP contribution in [0.2, 0.25) is 10.0 Å². The molecule has 0 amide bonds. The van der Waals surface area contributed by atoms with Gasteiger partial charge in [-0.15, -0.1) is 0 Å². The average molecular weight is 316 g/mol. The third kappa shape index (κ3) is 3.86. The van der Waals surface area contributed by atoms with E-state index < -0.39 is 0 Å². The third-order valence-corrected chi connectivity index (χ3v) is 4.82. The summed E-state index contributed by atoms with van der Waals surface area (Å²) in [7, 11) is 4.30. The fourth-order valence-corrected chi connectivity index (χ4v) is 3.42. The fraction of sp³-hybridized carbons (Fsp3) is 0.600. The van der Waals surface area contributed by atoms with Crippen LogP contribution < -0.4 is 5.73 Å². The summed E-state index contributed by atoms with van der Waals surface area (Å²) >= 11 is 12.5. The molecule has 112 valence electrons. The standard InChI is InChI=1S/C15H23Cl2N3/c1-19-7-4-8-20(2)15(10-19)14(18)9-11-12(16)5-3-6-13(11)17/h3,5-6,14-15H,4,7-10,18H2,1-2H3. The molecule has 2 unspecified atom stereocenters. The Labute approximate surface area is 131 Å². The Morgan fingerprint density at radius 1 is 1.25 bits per heavy atom. The highest BCUT2D eigenvalue weighted by Crippen LogP contribution is 2.26. The van der Waals surface area contributed by atoms with E-state index in [1.54, 1.807) is 0 Å². The van der Waals surface area contributed by atoms with E-state index in [4.69, 9.17) is 28.9 Å². The van der Waals surface area contributed by atoms with E-state index in [9.17, 15) is 0 Å². The zero-order chi connectivity index (χ0) is 14.7. The lowest BCUT2D eigenvalue weighted by molar-refractivity contribution is 0.195. The second-order valence-electron chi connectivity index (χ2n) is 5.73. The van der Waals surface area contributed by atoms with Crippen LogP contribution in [0.1, 0.15) is 12.0 Å². The molecule has 1 aromatic carbocycles. The minimum Gasteiger partial charge on any atom is -0.326 e. The van der Waals surface area contributed by atoms with E-state index in [1.807, 2.05) is 18.2 Å². The van der Waals surface area contributed by atoms with Gasteiger partial charge < -0.3 is 15.5 Å². The van der Waals surface area contributed by atoms with E-state index in [1.165, 1.54) is 6.42 Å². The second kappa shape index (κ2) is 7.10. The maximum absolute atomic E-state index is 6.45. The first kappa shape index (κ1) is 16.1. The van der Waals surface area contributed by atoms with Crippen molar-refractivity contribution in [2.24, 2.45) is 5.73 Å². The molecular weight excluding hydrogens is 293 g/mol. The van der Waals surface area contributed by atoms with Crippen LogP contribution in [0.5, 0.6) is 0 Å². The van der Waals surface area contributed by atoms with E-state index in [-0.39, 0.29) is 6.04 Å². The molecule has 1 fully saturated rings. The Kier molecular flexibility index (Phi) is 5.70. The molecule has 2 N–H and O–H groups in total. The lowest BCUT2D eigenvalue weighted by atomic mass is 9.99. The number of nitrogens with two attached hydrogens (primary N) is 1. The van der Waals surface area contributed by atoms with Gasteiger partial charge in [0.15, 0.2) is 0 Å². The van der Waals surface area contributed by atoms with Crippen LogP contribution in [-0.4, -0.2) is 55.6 Å². The molecule has 5 heteroatoms. The van der Waals surface area contributed by atoms with Gasteiger partial charge in [-0.05, 0) is 57.7 Å². The summed E-state index contributed by atoms with van der Waals surface area (Å²) in [6, 6.07) is 5.97. The molecule has 0 radical (unpaired) electrons. The molecule has 0 spiro atoms. The summed E-state index contributed by atoms with van der Waals surface area (Å²) in [5.74, 6) is 0. The van der Waals surface area contributed by atoms with E-state index in [0.29, 0.717) is 22.5 Å². The van der Waals surface area contributed by atoms with Gasteiger partial charge >= 0.3 is 0 Å². The monoisotopic (exact) mass is 315 g/mol. The summed E-state index contributed by atoms with van der Waals surface area (Å²) in [4.78, 5) is 4.71. The van der Waals surface area contributed by atoms with Gasteiger partial charge in [0.1, 0.15) is 0 Å². The van der Waals surface area contributed by atoms with Gasteiger partial charge in [-0.3, -0.25) is 0 Å². The molecule has 1 saturated heterocycles. The molecule has 0 aromatic heterocycles. The molecule has 0 bridgehead atoms. The molecular formula is C15H23Cl2N3. The smallest absolute Gasteiger partial charge is 0.0453 e.